The van der Waals surface area contributed by atoms with Gasteiger partial charge >= 0.3 is 0 Å². The molecule has 0 aliphatic carbocycles. The molecule has 4 rings (SSSR count). The lowest BCUT2D eigenvalue weighted by atomic mass is 10.0. The van der Waals surface area contributed by atoms with Crippen molar-refractivity contribution in [3.05, 3.63) is 53.6 Å². The summed E-state index contributed by atoms with van der Waals surface area (Å²) in [7, 11) is 4.06. The van der Waals surface area contributed by atoms with E-state index in [9.17, 15) is 4.79 Å². The molecule has 2 aromatic rings. The Balaban J connectivity index is 1.48. The number of nitrogens with zero attached hydrogens (tertiary/aromatic N) is 2. The van der Waals surface area contributed by atoms with Crippen LogP contribution >= 0.6 is 0 Å². The number of benzene rings is 2. The fourth-order valence-corrected chi connectivity index (χ4v) is 3.67. The molecule has 2 aliphatic rings. The van der Waals surface area contributed by atoms with Crippen molar-refractivity contribution in [2.24, 2.45) is 0 Å². The SMILES string of the molecule is CN(C)c1ccc([C@H](CNC(=O)c2ccc3c(c2)OCO3)N2CCOCC2)cc1. The van der Waals surface area contributed by atoms with Crippen LogP contribution in [0.1, 0.15) is 22.0 Å². The van der Waals surface area contributed by atoms with Crippen LogP contribution in [0.5, 0.6) is 11.5 Å². The Morgan fingerprint density at radius 2 is 1.79 bits per heavy atom. The van der Waals surface area contributed by atoms with E-state index in [0.717, 1.165) is 18.8 Å². The summed E-state index contributed by atoms with van der Waals surface area (Å²) in [5.41, 5.74) is 2.90. The zero-order valence-electron chi connectivity index (χ0n) is 16.9. The van der Waals surface area contributed by atoms with Gasteiger partial charge in [0.15, 0.2) is 11.5 Å². The molecule has 0 unspecified atom stereocenters. The third kappa shape index (κ3) is 4.46. The normalized spacial score (nSPS) is 17.0. The standard InChI is InChI=1S/C22H27N3O4/c1-24(2)18-6-3-16(4-7-18)19(25-9-11-27-12-10-25)14-23-22(26)17-5-8-20-21(13-17)29-15-28-20/h3-8,13,19H,9-12,14-15H2,1-2H3,(H,23,26)/t19-/m0/s1. The highest BCUT2D eigenvalue weighted by Crippen LogP contribution is 2.32. The molecule has 0 spiro atoms. The number of rotatable bonds is 6. The molecule has 7 heteroatoms. The van der Waals surface area contributed by atoms with Crippen LogP contribution < -0.4 is 19.7 Å². The fourth-order valence-electron chi connectivity index (χ4n) is 3.67. The van der Waals surface area contributed by atoms with Gasteiger partial charge in [0.1, 0.15) is 0 Å². The van der Waals surface area contributed by atoms with Gasteiger partial charge in [0.05, 0.1) is 19.3 Å². The smallest absolute Gasteiger partial charge is 0.251 e. The highest BCUT2D eigenvalue weighted by molar-refractivity contribution is 5.95. The van der Waals surface area contributed by atoms with Crippen molar-refractivity contribution >= 4 is 11.6 Å². The number of hydrogen-bond acceptors (Lipinski definition) is 6. The Morgan fingerprint density at radius 1 is 1.07 bits per heavy atom. The van der Waals surface area contributed by atoms with Gasteiger partial charge in [-0.3, -0.25) is 9.69 Å². The molecule has 2 heterocycles. The number of amides is 1. The van der Waals surface area contributed by atoms with Crippen LogP contribution in [0.2, 0.25) is 0 Å². The molecule has 1 fully saturated rings. The summed E-state index contributed by atoms with van der Waals surface area (Å²) in [6.07, 6.45) is 0. The largest absolute Gasteiger partial charge is 0.454 e. The van der Waals surface area contributed by atoms with Crippen molar-refractivity contribution in [3.8, 4) is 11.5 Å². The molecule has 7 nitrogen and oxygen atoms in total. The Labute approximate surface area is 171 Å². The van der Waals surface area contributed by atoms with E-state index >= 15 is 0 Å². The van der Waals surface area contributed by atoms with Crippen LogP contribution in [0.25, 0.3) is 0 Å². The third-order valence-electron chi connectivity index (χ3n) is 5.37. The molecule has 1 saturated heterocycles. The first-order chi connectivity index (χ1) is 14.1. The minimum Gasteiger partial charge on any atom is -0.454 e. The predicted octanol–water partition coefficient (Wildman–Crippen LogP) is 2.28. The van der Waals surface area contributed by atoms with Gasteiger partial charge in [-0.15, -0.1) is 0 Å². The zero-order chi connectivity index (χ0) is 20.2. The maximum absolute atomic E-state index is 12.7. The van der Waals surface area contributed by atoms with E-state index in [-0.39, 0.29) is 18.7 Å². The maximum Gasteiger partial charge on any atom is 0.251 e. The van der Waals surface area contributed by atoms with Gasteiger partial charge in [-0.1, -0.05) is 12.1 Å². The summed E-state index contributed by atoms with van der Waals surface area (Å²) >= 11 is 0. The van der Waals surface area contributed by atoms with Crippen LogP contribution in [-0.2, 0) is 4.74 Å². The van der Waals surface area contributed by atoms with Gasteiger partial charge in [0.25, 0.3) is 5.91 Å². The van der Waals surface area contributed by atoms with Crippen LogP contribution in [0.4, 0.5) is 5.69 Å². The van der Waals surface area contributed by atoms with Crippen LogP contribution in [0, 0.1) is 0 Å². The minimum atomic E-state index is -0.119. The Kier molecular flexibility index (Phi) is 5.87. The van der Waals surface area contributed by atoms with Gasteiger partial charge in [0, 0.05) is 45.0 Å². The lowest BCUT2D eigenvalue weighted by molar-refractivity contribution is 0.0162. The van der Waals surface area contributed by atoms with Crippen LogP contribution in [0.3, 0.4) is 0 Å². The summed E-state index contributed by atoms with van der Waals surface area (Å²) in [6.45, 7) is 3.84. The molecule has 29 heavy (non-hydrogen) atoms. The molecule has 1 N–H and O–H groups in total. The first kappa shape index (κ1) is 19.5. The van der Waals surface area contributed by atoms with E-state index in [2.05, 4.69) is 39.4 Å². The van der Waals surface area contributed by atoms with Crippen LogP contribution in [-0.4, -0.2) is 64.5 Å². The molecule has 0 radical (unpaired) electrons. The summed E-state index contributed by atoms with van der Waals surface area (Å²) < 4.78 is 16.2. The second kappa shape index (κ2) is 8.71. The lowest BCUT2D eigenvalue weighted by Crippen LogP contribution is -2.43. The number of morpholine rings is 1. The second-order valence-corrected chi connectivity index (χ2v) is 7.43. The molecular formula is C22H27N3O4. The van der Waals surface area contributed by atoms with Gasteiger partial charge in [-0.05, 0) is 35.9 Å². The minimum absolute atomic E-state index is 0.0908. The topological polar surface area (TPSA) is 63.3 Å². The molecule has 1 atom stereocenters. The molecule has 154 valence electrons. The number of carbonyl (C=O) groups excluding carboxylic acids is 1. The molecule has 2 aromatic carbocycles. The summed E-state index contributed by atoms with van der Waals surface area (Å²) in [4.78, 5) is 17.2. The first-order valence-corrected chi connectivity index (χ1v) is 9.89. The number of nitrogens with one attached hydrogen (secondary N) is 1. The van der Waals surface area contributed by atoms with Crippen molar-refractivity contribution in [2.45, 2.75) is 6.04 Å². The maximum atomic E-state index is 12.7. The molecule has 2 aliphatic heterocycles. The Morgan fingerprint density at radius 3 is 2.52 bits per heavy atom. The summed E-state index contributed by atoms with van der Waals surface area (Å²) in [5.74, 6) is 1.17. The third-order valence-corrected chi connectivity index (χ3v) is 5.37. The fraction of sp³-hybridized carbons (Fsp3) is 0.409. The molecule has 0 saturated carbocycles. The lowest BCUT2D eigenvalue weighted by Gasteiger charge is -2.35. The Bertz CT molecular complexity index is 848. The number of fused-ring (bicyclic) bond motifs is 1. The average Bonchev–Trinajstić information content (AvgIpc) is 3.23. The average molecular weight is 397 g/mol. The number of anilines is 1. The van der Waals surface area contributed by atoms with E-state index in [1.165, 1.54) is 5.56 Å². The van der Waals surface area contributed by atoms with Crippen LogP contribution in [0.15, 0.2) is 42.5 Å². The monoisotopic (exact) mass is 397 g/mol. The van der Waals surface area contributed by atoms with Gasteiger partial charge in [-0.25, -0.2) is 0 Å². The number of carbonyl (C=O) groups is 1. The van der Waals surface area contributed by atoms with Gasteiger partial charge in [0.2, 0.25) is 6.79 Å². The number of hydrogen-bond donors (Lipinski definition) is 1. The Hall–Kier alpha value is -2.77. The summed E-state index contributed by atoms with van der Waals surface area (Å²) in [6, 6.07) is 13.9. The van der Waals surface area contributed by atoms with E-state index in [1.54, 1.807) is 18.2 Å². The highest BCUT2D eigenvalue weighted by Gasteiger charge is 2.24. The highest BCUT2D eigenvalue weighted by atomic mass is 16.7. The van der Waals surface area contributed by atoms with Crippen molar-refractivity contribution in [1.29, 1.82) is 0 Å². The molecule has 0 aromatic heterocycles. The zero-order valence-corrected chi connectivity index (χ0v) is 16.9. The summed E-state index contributed by atoms with van der Waals surface area (Å²) in [5, 5.41) is 3.10. The van der Waals surface area contributed by atoms with Crippen molar-refractivity contribution in [2.75, 3.05) is 58.6 Å². The van der Waals surface area contributed by atoms with Crippen molar-refractivity contribution in [3.63, 3.8) is 0 Å². The first-order valence-electron chi connectivity index (χ1n) is 9.89. The van der Waals surface area contributed by atoms with Crippen molar-refractivity contribution in [1.82, 2.24) is 10.2 Å². The second-order valence-electron chi connectivity index (χ2n) is 7.43. The van der Waals surface area contributed by atoms with E-state index in [4.69, 9.17) is 14.2 Å². The number of ether oxygens (including phenoxy) is 3. The molecule has 0 bridgehead atoms. The van der Waals surface area contributed by atoms with E-state index in [1.807, 2.05) is 14.1 Å². The quantitative estimate of drug-likeness (QED) is 0.807. The molecular weight excluding hydrogens is 370 g/mol. The molecule has 1 amide bonds. The van der Waals surface area contributed by atoms with Gasteiger partial charge < -0.3 is 24.4 Å². The van der Waals surface area contributed by atoms with Crippen molar-refractivity contribution < 1.29 is 19.0 Å². The van der Waals surface area contributed by atoms with E-state index in [0.29, 0.717) is 36.8 Å². The predicted molar refractivity (Wildman–Crippen MR) is 111 cm³/mol. The van der Waals surface area contributed by atoms with Gasteiger partial charge in [-0.2, -0.15) is 0 Å². The van der Waals surface area contributed by atoms with E-state index < -0.39 is 0 Å².